The number of amides is 2. The number of carboxylic acid groups (broad SMARTS) is 1. The summed E-state index contributed by atoms with van der Waals surface area (Å²) in [5, 5.41) is 11.8. The van der Waals surface area contributed by atoms with Crippen molar-refractivity contribution in [1.82, 2.24) is 9.88 Å². The van der Waals surface area contributed by atoms with Gasteiger partial charge in [0.2, 0.25) is 17.6 Å². The molecule has 2 aliphatic rings. The van der Waals surface area contributed by atoms with E-state index in [0.29, 0.717) is 51.0 Å². The van der Waals surface area contributed by atoms with E-state index in [2.05, 4.69) is 15.2 Å². The normalized spacial score (nSPS) is 19.6. The molecule has 0 radical (unpaired) electrons. The summed E-state index contributed by atoms with van der Waals surface area (Å²) in [5.41, 5.74) is 0.581. The van der Waals surface area contributed by atoms with Gasteiger partial charge in [-0.2, -0.15) is 13.2 Å². The van der Waals surface area contributed by atoms with E-state index < -0.39 is 35.4 Å². The molecule has 2 atom stereocenters. The molecule has 1 aliphatic carbocycles. The van der Waals surface area contributed by atoms with Crippen LogP contribution in [0.2, 0.25) is 0 Å². The fourth-order valence-corrected chi connectivity index (χ4v) is 5.40. The lowest BCUT2D eigenvalue weighted by Crippen LogP contribution is -2.51. The van der Waals surface area contributed by atoms with Crippen molar-refractivity contribution < 1.29 is 37.1 Å². The molecular formula is C29H29F3N4O5. The van der Waals surface area contributed by atoms with E-state index in [1.807, 2.05) is 0 Å². The summed E-state index contributed by atoms with van der Waals surface area (Å²) in [6, 6.07) is 14.7. The number of aromatic nitrogens is 1. The highest BCUT2D eigenvalue weighted by atomic mass is 19.4. The number of benzene rings is 2. The zero-order valence-corrected chi connectivity index (χ0v) is 22.1. The van der Waals surface area contributed by atoms with Crippen molar-refractivity contribution in [2.75, 3.05) is 36.4 Å². The standard InChI is InChI=1S/C29H29F3N4O5/c30-29(31,32)24-23(34-26(41-24)18-5-2-1-3-6-18)25(37)33-21-9-11-22(12-10-21)35-13-15-36(16-14-35)27(38)19-7-4-8-20(17-19)28(39)40/h1-3,5-6,9-12,19-20H,4,7-8,13-17H2,(H,33,37)(H,39,40)/t19?,20-/m1/s1. The van der Waals surface area contributed by atoms with Crippen LogP contribution in [0.25, 0.3) is 11.5 Å². The summed E-state index contributed by atoms with van der Waals surface area (Å²) >= 11 is 0. The molecule has 2 heterocycles. The maximum atomic E-state index is 13.6. The number of carbonyl (C=O) groups excluding carboxylic acids is 2. The number of carbonyl (C=O) groups is 3. The van der Waals surface area contributed by atoms with Gasteiger partial charge < -0.3 is 24.6 Å². The van der Waals surface area contributed by atoms with E-state index >= 15 is 0 Å². The molecule has 2 amide bonds. The molecule has 12 heteroatoms. The van der Waals surface area contributed by atoms with Gasteiger partial charge in [-0.1, -0.05) is 24.6 Å². The number of carboxylic acids is 1. The van der Waals surface area contributed by atoms with Crippen LogP contribution in [0.3, 0.4) is 0 Å². The molecule has 1 saturated heterocycles. The van der Waals surface area contributed by atoms with Gasteiger partial charge in [0.15, 0.2) is 5.69 Å². The molecule has 2 aromatic carbocycles. The van der Waals surface area contributed by atoms with Crippen molar-refractivity contribution in [3.8, 4) is 11.5 Å². The number of halogens is 3. The second-order valence-electron chi connectivity index (χ2n) is 10.3. The van der Waals surface area contributed by atoms with Crippen molar-refractivity contribution >= 4 is 29.2 Å². The third-order valence-corrected chi connectivity index (χ3v) is 7.57. The van der Waals surface area contributed by atoms with Crippen LogP contribution in [-0.2, 0) is 15.8 Å². The molecule has 9 nitrogen and oxygen atoms in total. The lowest BCUT2D eigenvalue weighted by molar-refractivity contribution is -0.153. The number of piperazine rings is 1. The summed E-state index contributed by atoms with van der Waals surface area (Å²) in [6.45, 7) is 2.15. The van der Waals surface area contributed by atoms with E-state index in [0.717, 1.165) is 12.1 Å². The Labute approximate surface area is 234 Å². The first-order valence-electron chi connectivity index (χ1n) is 13.4. The van der Waals surface area contributed by atoms with Crippen LogP contribution in [0.4, 0.5) is 24.5 Å². The minimum Gasteiger partial charge on any atom is -0.481 e. The number of oxazole rings is 1. The Balaban J connectivity index is 1.20. The molecule has 2 fully saturated rings. The van der Waals surface area contributed by atoms with E-state index in [1.165, 1.54) is 12.1 Å². The second-order valence-corrected chi connectivity index (χ2v) is 10.3. The largest absolute Gasteiger partial charge is 0.481 e. The maximum absolute atomic E-state index is 13.6. The number of nitrogens with zero attached hydrogens (tertiary/aromatic N) is 3. The van der Waals surface area contributed by atoms with Gasteiger partial charge in [-0.25, -0.2) is 4.98 Å². The predicted molar refractivity (Wildman–Crippen MR) is 143 cm³/mol. The maximum Gasteiger partial charge on any atom is 0.452 e. The lowest BCUT2D eigenvalue weighted by atomic mass is 9.80. The monoisotopic (exact) mass is 570 g/mol. The van der Waals surface area contributed by atoms with Gasteiger partial charge in [-0.05, 0) is 55.7 Å². The Morgan fingerprint density at radius 3 is 2.22 bits per heavy atom. The first-order chi connectivity index (χ1) is 19.6. The van der Waals surface area contributed by atoms with E-state index in [4.69, 9.17) is 4.42 Å². The molecule has 1 aliphatic heterocycles. The smallest absolute Gasteiger partial charge is 0.452 e. The summed E-state index contributed by atoms with van der Waals surface area (Å²) < 4.78 is 45.7. The predicted octanol–water partition coefficient (Wildman–Crippen LogP) is 5.15. The number of alkyl halides is 3. The minimum atomic E-state index is -4.91. The van der Waals surface area contributed by atoms with E-state index in [-0.39, 0.29) is 23.4 Å². The van der Waals surface area contributed by atoms with Gasteiger partial charge in [0.25, 0.3) is 5.91 Å². The van der Waals surface area contributed by atoms with Crippen LogP contribution in [0.1, 0.15) is 41.9 Å². The molecule has 2 N–H and O–H groups in total. The van der Waals surface area contributed by atoms with Crippen molar-refractivity contribution in [1.29, 1.82) is 0 Å². The molecule has 41 heavy (non-hydrogen) atoms. The molecule has 0 spiro atoms. The topological polar surface area (TPSA) is 116 Å². The van der Waals surface area contributed by atoms with E-state index in [1.54, 1.807) is 47.4 Å². The van der Waals surface area contributed by atoms with Gasteiger partial charge >= 0.3 is 12.1 Å². The fourth-order valence-electron chi connectivity index (χ4n) is 5.40. The van der Waals surface area contributed by atoms with Crippen molar-refractivity contribution in [3.05, 3.63) is 66.1 Å². The quantitative estimate of drug-likeness (QED) is 0.421. The second kappa shape index (κ2) is 11.6. The molecular weight excluding hydrogens is 541 g/mol. The third kappa shape index (κ3) is 6.36. The van der Waals surface area contributed by atoms with Gasteiger partial charge in [0.05, 0.1) is 5.92 Å². The Bertz CT molecular complexity index is 1400. The molecule has 5 rings (SSSR count). The van der Waals surface area contributed by atoms with Crippen LogP contribution in [0.15, 0.2) is 59.0 Å². The number of aliphatic carboxylic acids is 1. The van der Waals surface area contributed by atoms with Crippen molar-refractivity contribution in [2.24, 2.45) is 11.8 Å². The first kappa shape index (κ1) is 28.2. The number of rotatable bonds is 6. The molecule has 216 valence electrons. The van der Waals surface area contributed by atoms with Crippen molar-refractivity contribution in [3.63, 3.8) is 0 Å². The molecule has 1 aromatic heterocycles. The zero-order valence-electron chi connectivity index (χ0n) is 22.1. The number of anilines is 2. The summed E-state index contributed by atoms with van der Waals surface area (Å²) in [7, 11) is 0. The average molecular weight is 571 g/mol. The molecule has 0 bridgehead atoms. The molecule has 1 unspecified atom stereocenters. The van der Waals surface area contributed by atoms with Crippen LogP contribution >= 0.6 is 0 Å². The highest BCUT2D eigenvalue weighted by molar-refractivity contribution is 6.04. The highest BCUT2D eigenvalue weighted by Crippen LogP contribution is 2.36. The molecule has 1 saturated carbocycles. The van der Waals surface area contributed by atoms with Gasteiger partial charge in [0.1, 0.15) is 0 Å². The number of hydrogen-bond acceptors (Lipinski definition) is 6. The Kier molecular flexibility index (Phi) is 8.00. The summed E-state index contributed by atoms with van der Waals surface area (Å²) in [4.78, 5) is 44.8. The van der Waals surface area contributed by atoms with E-state index in [9.17, 15) is 32.7 Å². The minimum absolute atomic E-state index is 0.00941. The Morgan fingerprint density at radius 2 is 1.59 bits per heavy atom. The van der Waals surface area contributed by atoms with Crippen LogP contribution < -0.4 is 10.2 Å². The van der Waals surface area contributed by atoms with Crippen molar-refractivity contribution in [2.45, 2.75) is 31.9 Å². The fraction of sp³-hybridized carbons (Fsp3) is 0.379. The van der Waals surface area contributed by atoms with Crippen LogP contribution in [0.5, 0.6) is 0 Å². The Morgan fingerprint density at radius 1 is 0.927 bits per heavy atom. The zero-order chi connectivity index (χ0) is 29.1. The van der Waals surface area contributed by atoms with Gasteiger partial charge in [-0.15, -0.1) is 0 Å². The number of hydrogen-bond donors (Lipinski definition) is 2. The lowest BCUT2D eigenvalue weighted by Gasteiger charge is -2.38. The first-order valence-corrected chi connectivity index (χ1v) is 13.4. The molecule has 3 aromatic rings. The summed E-state index contributed by atoms with van der Waals surface area (Å²) in [5.74, 6) is -4.37. The SMILES string of the molecule is O=C(Nc1ccc(N2CCN(C(=O)C3CCC[C@@H](C(=O)O)C3)CC2)cc1)c1nc(-c2ccccc2)oc1C(F)(F)F. The average Bonchev–Trinajstić information content (AvgIpc) is 3.45. The van der Waals surface area contributed by atoms with Crippen LogP contribution in [0, 0.1) is 11.8 Å². The summed E-state index contributed by atoms with van der Waals surface area (Å²) in [6.07, 6.45) is -2.47. The van der Waals surface area contributed by atoms with Gasteiger partial charge in [-0.3, -0.25) is 14.4 Å². The van der Waals surface area contributed by atoms with Crippen LogP contribution in [-0.4, -0.2) is 59.0 Å². The third-order valence-electron chi connectivity index (χ3n) is 7.57. The number of nitrogens with one attached hydrogen (secondary N) is 1. The Hall–Kier alpha value is -4.35. The highest BCUT2D eigenvalue weighted by Gasteiger charge is 2.42. The van der Waals surface area contributed by atoms with Gasteiger partial charge in [0, 0.05) is 49.0 Å².